The number of carbonyl (C=O) groups is 3. The fourth-order valence-electron chi connectivity index (χ4n) is 15.3. The Bertz CT molecular complexity index is 5840. The van der Waals surface area contributed by atoms with Crippen molar-refractivity contribution in [3.8, 4) is 50.6 Å². The molecule has 18 aromatic carbocycles. The van der Waals surface area contributed by atoms with Gasteiger partial charge in [-0.15, -0.1) is 0 Å². The summed E-state index contributed by atoms with van der Waals surface area (Å²) < 4.78 is 18.1. The van der Waals surface area contributed by atoms with Crippen LogP contribution in [0.5, 0.6) is 17.2 Å². The molecule has 18 rings (SSSR count). The molecule has 0 saturated heterocycles. The Balaban J connectivity index is 0.568. The van der Waals surface area contributed by atoms with Crippen LogP contribution in [0.15, 0.2) is 437 Å². The summed E-state index contributed by atoms with van der Waals surface area (Å²) in [6.07, 6.45) is 0. The standard InChI is InChI=1S/C106H73N3O6/c110-104(85-43-37-73(38-44-85)76-49-61-91(62-50-76)107(88-25-4-1-5-26-88)100-34-16-22-79-19-10-13-31-97(79)100)113-94-67-55-82(56-68-94)103(83-57-69-95(70-58-83)114-105(111)86-45-39-74(40-46-86)77-51-63-92(64-52-77)108(89-27-6-2-7-28-89)101-35-17-23-80-20-11-14-32-98(80)101)84-59-71-96(72-60-84)115-106(112)87-47-41-75(42-48-87)78-53-65-93(66-54-78)109(90-29-8-3-9-30-90)102-36-18-24-81-21-12-15-33-99(81)102/h1-72,103H. The van der Waals surface area contributed by atoms with E-state index in [4.69, 9.17) is 14.2 Å². The first-order valence-electron chi connectivity index (χ1n) is 38.3. The lowest BCUT2D eigenvalue weighted by atomic mass is 9.85. The van der Waals surface area contributed by atoms with Crippen molar-refractivity contribution < 1.29 is 28.6 Å². The maximum atomic E-state index is 13.9. The van der Waals surface area contributed by atoms with Gasteiger partial charge in [-0.05, 0) is 230 Å². The van der Waals surface area contributed by atoms with E-state index in [0.717, 1.165) is 134 Å². The normalized spacial score (nSPS) is 11.1. The number of anilines is 9. The highest BCUT2D eigenvalue weighted by molar-refractivity contribution is 6.02. The highest BCUT2D eigenvalue weighted by Crippen LogP contribution is 2.44. The minimum atomic E-state index is -0.495. The quantitative estimate of drug-likeness (QED) is 0.0396. The Hall–Kier alpha value is -15.5. The van der Waals surface area contributed by atoms with Crippen LogP contribution in [-0.4, -0.2) is 17.9 Å². The van der Waals surface area contributed by atoms with Crippen LogP contribution < -0.4 is 28.9 Å². The summed E-state index contributed by atoms with van der Waals surface area (Å²) in [5.41, 5.74) is 19.2. The molecule has 0 aliphatic rings. The van der Waals surface area contributed by atoms with E-state index in [1.165, 1.54) is 0 Å². The first kappa shape index (κ1) is 71.2. The Morgan fingerprint density at radius 3 is 0.652 bits per heavy atom. The van der Waals surface area contributed by atoms with Crippen molar-refractivity contribution in [3.63, 3.8) is 0 Å². The average Bonchev–Trinajstić information content (AvgIpc) is 0.785. The van der Waals surface area contributed by atoms with E-state index >= 15 is 0 Å². The van der Waals surface area contributed by atoms with Gasteiger partial charge in [0.1, 0.15) is 17.2 Å². The summed E-state index contributed by atoms with van der Waals surface area (Å²) in [6, 6.07) is 146. The average molecular weight is 1480 g/mol. The molecule has 0 aromatic heterocycles. The van der Waals surface area contributed by atoms with E-state index < -0.39 is 17.9 Å². The van der Waals surface area contributed by atoms with Gasteiger partial charge >= 0.3 is 17.9 Å². The second-order valence-electron chi connectivity index (χ2n) is 28.2. The molecule has 9 heteroatoms. The molecular weight excluding hydrogens is 1410 g/mol. The Morgan fingerprint density at radius 2 is 0.400 bits per heavy atom. The number of nitrogens with zero attached hydrogens (tertiary/aromatic N) is 3. The van der Waals surface area contributed by atoms with Crippen LogP contribution in [0.2, 0.25) is 0 Å². The van der Waals surface area contributed by atoms with Crippen molar-refractivity contribution in [2.24, 2.45) is 0 Å². The molecule has 18 aromatic rings. The molecule has 0 saturated carbocycles. The topological polar surface area (TPSA) is 88.6 Å². The van der Waals surface area contributed by atoms with Gasteiger partial charge in [0.05, 0.1) is 33.8 Å². The van der Waals surface area contributed by atoms with Gasteiger partial charge in [-0.1, -0.05) is 273 Å². The predicted molar refractivity (Wildman–Crippen MR) is 467 cm³/mol. The second kappa shape index (κ2) is 32.2. The van der Waals surface area contributed by atoms with Crippen molar-refractivity contribution in [1.29, 1.82) is 0 Å². The Labute approximate surface area is 667 Å². The maximum absolute atomic E-state index is 13.9. The lowest BCUT2D eigenvalue weighted by molar-refractivity contribution is 0.0725. The van der Waals surface area contributed by atoms with Crippen LogP contribution >= 0.6 is 0 Å². The third kappa shape index (κ3) is 15.2. The summed E-state index contributed by atoms with van der Waals surface area (Å²) in [5.74, 6) is -0.749. The number of hydrogen-bond donors (Lipinski definition) is 0. The minimum Gasteiger partial charge on any atom is -0.423 e. The van der Waals surface area contributed by atoms with E-state index in [1.54, 1.807) is 72.8 Å². The monoisotopic (exact) mass is 1480 g/mol. The number of esters is 3. The zero-order valence-electron chi connectivity index (χ0n) is 62.4. The highest BCUT2D eigenvalue weighted by Gasteiger charge is 2.24. The molecule has 0 bridgehead atoms. The molecule has 0 N–H and O–H groups in total. The van der Waals surface area contributed by atoms with Crippen LogP contribution in [0.4, 0.5) is 51.2 Å². The number of hydrogen-bond acceptors (Lipinski definition) is 9. The predicted octanol–water partition coefficient (Wildman–Crippen LogP) is 27.4. The van der Waals surface area contributed by atoms with Gasteiger partial charge in [0.15, 0.2) is 0 Å². The van der Waals surface area contributed by atoms with Crippen LogP contribution in [0, 0.1) is 0 Å². The zero-order chi connectivity index (χ0) is 77.4. The number of carbonyl (C=O) groups excluding carboxylic acids is 3. The van der Waals surface area contributed by atoms with Crippen molar-refractivity contribution in [1.82, 2.24) is 0 Å². The number of ether oxygens (including phenoxy) is 3. The highest BCUT2D eigenvalue weighted by atomic mass is 16.5. The molecule has 0 amide bonds. The lowest BCUT2D eigenvalue weighted by Gasteiger charge is -2.27. The minimum absolute atomic E-state index is 0.369. The number of para-hydroxylation sites is 3. The van der Waals surface area contributed by atoms with Gasteiger partial charge in [-0.3, -0.25) is 0 Å². The fraction of sp³-hybridized carbons (Fsp3) is 0.00943. The largest absolute Gasteiger partial charge is 0.423 e. The summed E-state index contributed by atoms with van der Waals surface area (Å²) in [5, 5.41) is 6.95. The summed E-state index contributed by atoms with van der Waals surface area (Å²) in [7, 11) is 0. The number of fused-ring (bicyclic) bond motifs is 3. The molecule has 0 radical (unpaired) electrons. The van der Waals surface area contributed by atoms with Gasteiger partial charge < -0.3 is 28.9 Å². The first-order valence-corrected chi connectivity index (χ1v) is 38.3. The third-order valence-electron chi connectivity index (χ3n) is 21.1. The molecule has 0 aliphatic heterocycles. The number of benzene rings is 18. The summed E-state index contributed by atoms with van der Waals surface area (Å²) >= 11 is 0. The first-order chi connectivity index (χ1) is 56.7. The van der Waals surface area contributed by atoms with E-state index in [2.05, 4.69) is 288 Å². The van der Waals surface area contributed by atoms with E-state index in [0.29, 0.717) is 33.9 Å². The lowest BCUT2D eigenvalue weighted by Crippen LogP contribution is -2.10. The molecule has 0 fully saturated rings. The van der Waals surface area contributed by atoms with Crippen LogP contribution in [-0.2, 0) is 0 Å². The van der Waals surface area contributed by atoms with Crippen molar-refractivity contribution >= 4 is 101 Å². The van der Waals surface area contributed by atoms with Gasteiger partial charge in [-0.25, -0.2) is 14.4 Å². The molecule has 548 valence electrons. The molecular formula is C106H73N3O6. The van der Waals surface area contributed by atoms with E-state index in [1.807, 2.05) is 91.0 Å². The summed E-state index contributed by atoms with van der Waals surface area (Å²) in [6.45, 7) is 0. The van der Waals surface area contributed by atoms with Crippen LogP contribution in [0.1, 0.15) is 53.7 Å². The van der Waals surface area contributed by atoms with E-state index in [9.17, 15) is 14.4 Å². The SMILES string of the molecule is O=C(Oc1ccc(C(c2ccc(OC(=O)c3ccc(-c4ccc(N(c5ccccc5)c5cccc6ccccc56)cc4)cc3)cc2)c2ccc(OC(=O)c3ccc(-c4ccc(N(c5ccccc5)c5cccc6ccccc56)cc4)cc3)cc2)cc1)c1ccc(-c2ccc(N(c3ccccc3)c3cccc4ccccc34)cc2)cc1. The smallest absolute Gasteiger partial charge is 0.343 e. The molecule has 115 heavy (non-hydrogen) atoms. The van der Waals surface area contributed by atoms with Crippen LogP contribution in [0.3, 0.4) is 0 Å². The maximum Gasteiger partial charge on any atom is 0.343 e. The van der Waals surface area contributed by atoms with Crippen molar-refractivity contribution in [2.45, 2.75) is 5.92 Å². The number of rotatable bonds is 21. The van der Waals surface area contributed by atoms with Crippen molar-refractivity contribution in [3.05, 3.63) is 470 Å². The Morgan fingerprint density at radius 1 is 0.191 bits per heavy atom. The molecule has 0 spiro atoms. The van der Waals surface area contributed by atoms with E-state index in [-0.39, 0.29) is 5.92 Å². The zero-order valence-corrected chi connectivity index (χ0v) is 62.4. The van der Waals surface area contributed by atoms with Crippen molar-refractivity contribution in [2.75, 3.05) is 14.7 Å². The van der Waals surface area contributed by atoms with Gasteiger partial charge in [0.2, 0.25) is 0 Å². The molecule has 0 aliphatic carbocycles. The molecule has 9 nitrogen and oxygen atoms in total. The van der Waals surface area contributed by atoms with Gasteiger partial charge in [0, 0.05) is 56.2 Å². The second-order valence-corrected chi connectivity index (χ2v) is 28.2. The Kier molecular flexibility index (Phi) is 20.0. The molecule has 0 atom stereocenters. The molecule has 0 unspecified atom stereocenters. The van der Waals surface area contributed by atoms with Crippen LogP contribution in [0.25, 0.3) is 65.7 Å². The fourth-order valence-corrected chi connectivity index (χ4v) is 15.3. The summed E-state index contributed by atoms with van der Waals surface area (Å²) in [4.78, 5) is 48.6. The van der Waals surface area contributed by atoms with Gasteiger partial charge in [-0.2, -0.15) is 0 Å². The van der Waals surface area contributed by atoms with Gasteiger partial charge in [0.25, 0.3) is 0 Å². The third-order valence-corrected chi connectivity index (χ3v) is 21.1. The molecule has 0 heterocycles.